The minimum absolute atomic E-state index is 0.254. The fourth-order valence-corrected chi connectivity index (χ4v) is 1.88. The number of phenols is 1. The zero-order valence-corrected chi connectivity index (χ0v) is 14.5. The Morgan fingerprint density at radius 1 is 1.22 bits per heavy atom. The number of rotatable bonds is 8. The van der Waals surface area contributed by atoms with Crippen LogP contribution in [0, 0.1) is 0 Å². The van der Waals surface area contributed by atoms with E-state index in [4.69, 9.17) is 9.47 Å². The van der Waals surface area contributed by atoms with E-state index >= 15 is 0 Å². The first-order valence-corrected chi connectivity index (χ1v) is 7.77. The number of nitrogens with one attached hydrogen (secondary N) is 1. The predicted molar refractivity (Wildman–Crippen MR) is 89.5 cm³/mol. The fraction of sp³-hybridized carbons (Fsp3) is 0.588. The molecular formula is C17H28N2O4. The van der Waals surface area contributed by atoms with E-state index in [2.05, 4.69) is 5.32 Å². The van der Waals surface area contributed by atoms with Crippen LogP contribution >= 0.6 is 0 Å². The van der Waals surface area contributed by atoms with Gasteiger partial charge < -0.3 is 24.8 Å². The molecule has 0 aromatic heterocycles. The topological polar surface area (TPSA) is 71.0 Å². The van der Waals surface area contributed by atoms with Crippen molar-refractivity contribution in [3.05, 3.63) is 29.8 Å². The Kier molecular flexibility index (Phi) is 7.85. The highest BCUT2D eigenvalue weighted by Crippen LogP contribution is 2.10. The number of benzene rings is 1. The molecule has 0 unspecified atom stereocenters. The number of phenolic OH excluding ortho intramolecular Hbond substituents is 1. The standard InChI is InChI=1S/C17H28N2O4/c1-17(2,3)23-16(21)19(11-12-22-4)10-9-18-13-14-5-7-15(20)8-6-14/h5-8,18,20H,9-13H2,1-4H3. The summed E-state index contributed by atoms with van der Waals surface area (Å²) in [6.07, 6.45) is -0.332. The summed E-state index contributed by atoms with van der Waals surface area (Å²) >= 11 is 0. The van der Waals surface area contributed by atoms with E-state index in [1.54, 1.807) is 24.1 Å². The Bertz CT molecular complexity index is 468. The lowest BCUT2D eigenvalue weighted by molar-refractivity contribution is 0.0204. The summed E-state index contributed by atoms with van der Waals surface area (Å²) in [7, 11) is 1.61. The first kappa shape index (κ1) is 19.3. The molecule has 0 heterocycles. The summed E-state index contributed by atoms with van der Waals surface area (Å²) in [5.74, 6) is 0.254. The van der Waals surface area contributed by atoms with Gasteiger partial charge in [0.2, 0.25) is 0 Å². The van der Waals surface area contributed by atoms with Gasteiger partial charge >= 0.3 is 6.09 Å². The van der Waals surface area contributed by atoms with E-state index in [9.17, 15) is 9.90 Å². The molecule has 2 N–H and O–H groups in total. The SMILES string of the molecule is COCCN(CCNCc1ccc(O)cc1)C(=O)OC(C)(C)C. The van der Waals surface area contributed by atoms with Gasteiger partial charge in [-0.15, -0.1) is 0 Å². The van der Waals surface area contributed by atoms with E-state index in [1.165, 1.54) is 0 Å². The molecule has 1 amide bonds. The molecule has 0 saturated heterocycles. The van der Waals surface area contributed by atoms with Crippen molar-refractivity contribution in [1.29, 1.82) is 0 Å². The molecule has 0 bridgehead atoms. The van der Waals surface area contributed by atoms with Crippen molar-refractivity contribution in [2.45, 2.75) is 32.9 Å². The lowest BCUT2D eigenvalue weighted by atomic mass is 10.2. The third-order valence-electron chi connectivity index (χ3n) is 3.04. The summed E-state index contributed by atoms with van der Waals surface area (Å²) in [4.78, 5) is 13.8. The van der Waals surface area contributed by atoms with Crippen LogP contribution in [0.2, 0.25) is 0 Å². The Morgan fingerprint density at radius 3 is 2.43 bits per heavy atom. The molecule has 130 valence electrons. The molecule has 0 saturated carbocycles. The normalized spacial score (nSPS) is 11.3. The number of amides is 1. The van der Waals surface area contributed by atoms with Crippen LogP contribution in [0.25, 0.3) is 0 Å². The molecule has 0 spiro atoms. The van der Waals surface area contributed by atoms with E-state index < -0.39 is 5.60 Å². The van der Waals surface area contributed by atoms with E-state index in [1.807, 2.05) is 32.9 Å². The molecule has 1 aromatic carbocycles. The summed E-state index contributed by atoms with van der Waals surface area (Å²) in [5, 5.41) is 12.5. The molecule has 1 rings (SSSR count). The second-order valence-electron chi connectivity index (χ2n) is 6.30. The van der Waals surface area contributed by atoms with Crippen molar-refractivity contribution in [1.82, 2.24) is 10.2 Å². The van der Waals surface area contributed by atoms with Crippen LogP contribution in [0.15, 0.2) is 24.3 Å². The molecule has 0 aliphatic heterocycles. The Balaban J connectivity index is 2.41. The lowest BCUT2D eigenvalue weighted by Gasteiger charge is -2.27. The summed E-state index contributed by atoms with van der Waals surface area (Å²) in [6, 6.07) is 7.03. The monoisotopic (exact) mass is 324 g/mol. The van der Waals surface area contributed by atoms with E-state index in [0.717, 1.165) is 5.56 Å². The molecule has 0 radical (unpaired) electrons. The van der Waals surface area contributed by atoms with E-state index in [0.29, 0.717) is 32.8 Å². The Labute approximate surface area is 138 Å². The van der Waals surface area contributed by atoms with Crippen molar-refractivity contribution in [2.75, 3.05) is 33.4 Å². The number of ether oxygens (including phenoxy) is 2. The summed E-state index contributed by atoms with van der Waals surface area (Å²) < 4.78 is 10.4. The third-order valence-corrected chi connectivity index (χ3v) is 3.04. The van der Waals surface area contributed by atoms with Crippen LogP contribution in [0.3, 0.4) is 0 Å². The summed E-state index contributed by atoms with van der Waals surface area (Å²) in [5.41, 5.74) is 0.561. The Hall–Kier alpha value is -1.79. The first-order chi connectivity index (χ1) is 10.8. The third kappa shape index (κ3) is 8.42. The van der Waals surface area contributed by atoms with Crippen molar-refractivity contribution in [3.8, 4) is 5.75 Å². The number of methoxy groups -OCH3 is 1. The number of nitrogens with zero attached hydrogens (tertiary/aromatic N) is 1. The molecule has 23 heavy (non-hydrogen) atoms. The van der Waals surface area contributed by atoms with Crippen LogP contribution in [-0.2, 0) is 16.0 Å². The van der Waals surface area contributed by atoms with Gasteiger partial charge in [0.1, 0.15) is 11.4 Å². The maximum absolute atomic E-state index is 12.2. The largest absolute Gasteiger partial charge is 0.508 e. The highest BCUT2D eigenvalue weighted by molar-refractivity contribution is 5.68. The van der Waals surface area contributed by atoms with Gasteiger partial charge in [0.15, 0.2) is 0 Å². The molecule has 6 nitrogen and oxygen atoms in total. The van der Waals surface area contributed by atoms with Gasteiger partial charge in [-0.2, -0.15) is 0 Å². The van der Waals surface area contributed by atoms with Gasteiger partial charge in [-0.25, -0.2) is 4.79 Å². The Morgan fingerprint density at radius 2 is 1.87 bits per heavy atom. The second-order valence-corrected chi connectivity index (χ2v) is 6.30. The van der Waals surface area contributed by atoms with Crippen LogP contribution in [0.5, 0.6) is 5.75 Å². The minimum Gasteiger partial charge on any atom is -0.508 e. The van der Waals surface area contributed by atoms with Crippen LogP contribution < -0.4 is 5.32 Å². The smallest absolute Gasteiger partial charge is 0.410 e. The fourth-order valence-electron chi connectivity index (χ4n) is 1.88. The number of aromatic hydroxyl groups is 1. The molecular weight excluding hydrogens is 296 g/mol. The molecule has 0 fully saturated rings. The molecule has 0 aliphatic carbocycles. The van der Waals surface area contributed by atoms with Gasteiger partial charge in [-0.3, -0.25) is 0 Å². The maximum atomic E-state index is 12.2. The first-order valence-electron chi connectivity index (χ1n) is 7.77. The van der Waals surface area contributed by atoms with E-state index in [-0.39, 0.29) is 11.8 Å². The van der Waals surface area contributed by atoms with Crippen molar-refractivity contribution in [3.63, 3.8) is 0 Å². The lowest BCUT2D eigenvalue weighted by Crippen LogP contribution is -2.42. The van der Waals surface area contributed by atoms with Crippen LogP contribution in [-0.4, -0.2) is 55.1 Å². The zero-order valence-electron chi connectivity index (χ0n) is 14.5. The number of carbonyl (C=O) groups is 1. The quantitative estimate of drug-likeness (QED) is 0.718. The number of hydrogen-bond acceptors (Lipinski definition) is 5. The van der Waals surface area contributed by atoms with Crippen LogP contribution in [0.4, 0.5) is 4.79 Å². The van der Waals surface area contributed by atoms with Crippen molar-refractivity contribution >= 4 is 6.09 Å². The zero-order chi connectivity index (χ0) is 17.3. The summed E-state index contributed by atoms with van der Waals surface area (Å²) in [6.45, 7) is 8.36. The average Bonchev–Trinajstić information content (AvgIpc) is 2.46. The van der Waals surface area contributed by atoms with Gasteiger partial charge in [-0.05, 0) is 38.5 Å². The van der Waals surface area contributed by atoms with Gasteiger partial charge in [0.25, 0.3) is 0 Å². The van der Waals surface area contributed by atoms with Crippen LogP contribution in [0.1, 0.15) is 26.3 Å². The van der Waals surface area contributed by atoms with Crippen molar-refractivity contribution < 1.29 is 19.4 Å². The highest BCUT2D eigenvalue weighted by atomic mass is 16.6. The van der Waals surface area contributed by atoms with Crippen molar-refractivity contribution in [2.24, 2.45) is 0 Å². The van der Waals surface area contributed by atoms with Gasteiger partial charge in [0.05, 0.1) is 6.61 Å². The average molecular weight is 324 g/mol. The maximum Gasteiger partial charge on any atom is 0.410 e. The van der Waals surface area contributed by atoms with Gasteiger partial charge in [-0.1, -0.05) is 12.1 Å². The number of hydrogen-bond donors (Lipinski definition) is 2. The highest BCUT2D eigenvalue weighted by Gasteiger charge is 2.21. The number of carbonyl (C=O) groups excluding carboxylic acids is 1. The predicted octanol–water partition coefficient (Wildman–Crippen LogP) is 2.37. The molecule has 0 atom stereocenters. The molecule has 1 aromatic rings. The van der Waals surface area contributed by atoms with Gasteiger partial charge in [0, 0.05) is 33.3 Å². The second kappa shape index (κ2) is 9.37. The molecule has 0 aliphatic rings. The molecule has 6 heteroatoms. The minimum atomic E-state index is -0.512.